The average Bonchev–Trinajstić information content (AvgIpc) is 2.78. The molecule has 0 atom stereocenters. The molecule has 0 saturated heterocycles. The van der Waals surface area contributed by atoms with E-state index >= 15 is 0 Å². The maximum atomic E-state index is 10.8. The molecule has 1 fully saturated rings. The highest BCUT2D eigenvalue weighted by Crippen LogP contribution is 2.47. The molecule has 0 aromatic heterocycles. The van der Waals surface area contributed by atoms with Gasteiger partial charge in [0.1, 0.15) is 0 Å². The van der Waals surface area contributed by atoms with Crippen LogP contribution in [-0.4, -0.2) is 19.3 Å². The van der Waals surface area contributed by atoms with Crippen molar-refractivity contribution in [1.29, 1.82) is 0 Å². The summed E-state index contributed by atoms with van der Waals surface area (Å²) < 4.78 is 11.3. The third-order valence-corrected chi connectivity index (χ3v) is 4.31. The number of halogens is 1. The van der Waals surface area contributed by atoms with E-state index in [1.54, 1.807) is 6.08 Å². The van der Waals surface area contributed by atoms with Crippen LogP contribution in [0.2, 0.25) is 5.02 Å². The smallest absolute Gasteiger partial charge is 0.235 e. The van der Waals surface area contributed by atoms with Crippen LogP contribution in [0.15, 0.2) is 17.1 Å². The molecule has 0 amide bonds. The third kappa shape index (κ3) is 2.30. The molecule has 3 rings (SSSR count). The third-order valence-electron chi connectivity index (χ3n) is 4.03. The second-order valence-corrected chi connectivity index (χ2v) is 5.68. The summed E-state index contributed by atoms with van der Waals surface area (Å²) in [5.41, 5.74) is 0.434. The number of aliphatic imine (C=N–C) groups is 1. The van der Waals surface area contributed by atoms with Gasteiger partial charge in [-0.3, -0.25) is 0 Å². The van der Waals surface area contributed by atoms with E-state index in [1.165, 1.54) is 0 Å². The number of fused-ring (bicyclic) bond motifs is 1. The maximum Gasteiger partial charge on any atom is 0.235 e. The van der Waals surface area contributed by atoms with Crippen LogP contribution in [0, 0.1) is 0 Å². The van der Waals surface area contributed by atoms with Gasteiger partial charge in [-0.1, -0.05) is 24.4 Å². The lowest BCUT2D eigenvalue weighted by molar-refractivity contribution is 0.296. The Morgan fingerprint density at radius 2 is 1.90 bits per heavy atom. The monoisotopic (exact) mass is 293 g/mol. The molecule has 0 N–H and O–H groups in total. The van der Waals surface area contributed by atoms with E-state index in [4.69, 9.17) is 21.1 Å². The number of nitrogens with zero attached hydrogens (tertiary/aromatic N) is 1. The molecule has 2 aliphatic rings. The van der Waals surface area contributed by atoms with Crippen LogP contribution >= 0.6 is 11.6 Å². The molecular formula is C15H16ClNO3. The molecule has 5 heteroatoms. The number of ether oxygens (including phenoxy) is 2. The van der Waals surface area contributed by atoms with Gasteiger partial charge in [0, 0.05) is 6.42 Å². The fraction of sp³-hybridized carbons (Fsp3) is 0.533. The summed E-state index contributed by atoms with van der Waals surface area (Å²) >= 11 is 6.32. The summed E-state index contributed by atoms with van der Waals surface area (Å²) in [5.74, 6) is 1.24. The summed E-state index contributed by atoms with van der Waals surface area (Å²) in [6, 6.07) is 3.76. The zero-order valence-corrected chi connectivity index (χ0v) is 11.9. The Hall–Kier alpha value is -1.51. The summed E-state index contributed by atoms with van der Waals surface area (Å²) in [7, 11) is 0. The molecule has 1 aromatic rings. The summed E-state index contributed by atoms with van der Waals surface area (Å²) in [6.07, 6.45) is 6.35. The van der Waals surface area contributed by atoms with E-state index in [0.717, 1.165) is 37.7 Å². The molecule has 4 nitrogen and oxygen atoms in total. The first-order valence-corrected chi connectivity index (χ1v) is 7.32. The van der Waals surface area contributed by atoms with Gasteiger partial charge < -0.3 is 9.47 Å². The van der Waals surface area contributed by atoms with E-state index in [0.29, 0.717) is 29.7 Å². The molecule has 0 spiro atoms. The van der Waals surface area contributed by atoms with Crippen molar-refractivity contribution in [3.63, 3.8) is 0 Å². The van der Waals surface area contributed by atoms with Gasteiger partial charge in [-0.15, -0.1) is 0 Å². The lowest BCUT2D eigenvalue weighted by Crippen LogP contribution is -2.19. The van der Waals surface area contributed by atoms with E-state index in [-0.39, 0.29) is 0 Å². The van der Waals surface area contributed by atoms with Crippen molar-refractivity contribution >= 4 is 17.7 Å². The van der Waals surface area contributed by atoms with Crippen LogP contribution in [0.1, 0.15) is 37.7 Å². The van der Waals surface area contributed by atoms with Crippen LogP contribution in [-0.2, 0) is 10.3 Å². The highest BCUT2D eigenvalue weighted by molar-refractivity contribution is 6.32. The lowest BCUT2D eigenvalue weighted by Gasteiger charge is -2.24. The molecule has 1 saturated carbocycles. The van der Waals surface area contributed by atoms with Crippen molar-refractivity contribution in [3.05, 3.63) is 22.7 Å². The van der Waals surface area contributed by atoms with Crippen LogP contribution < -0.4 is 9.47 Å². The first-order valence-electron chi connectivity index (χ1n) is 6.94. The van der Waals surface area contributed by atoms with Crippen molar-refractivity contribution in [2.24, 2.45) is 4.99 Å². The van der Waals surface area contributed by atoms with Gasteiger partial charge in [-0.25, -0.2) is 4.79 Å². The highest BCUT2D eigenvalue weighted by Gasteiger charge is 2.37. The van der Waals surface area contributed by atoms with E-state index in [2.05, 4.69) is 4.99 Å². The maximum absolute atomic E-state index is 10.8. The zero-order valence-electron chi connectivity index (χ0n) is 11.2. The lowest BCUT2D eigenvalue weighted by atomic mass is 9.88. The Morgan fingerprint density at radius 1 is 1.15 bits per heavy atom. The van der Waals surface area contributed by atoms with Gasteiger partial charge in [0.25, 0.3) is 0 Å². The minimum atomic E-state index is -0.490. The predicted octanol–water partition coefficient (Wildman–Crippen LogP) is 3.61. The van der Waals surface area contributed by atoms with Crippen molar-refractivity contribution in [1.82, 2.24) is 0 Å². The zero-order chi connectivity index (χ0) is 14.0. The summed E-state index contributed by atoms with van der Waals surface area (Å²) in [4.78, 5) is 14.9. The fourth-order valence-electron chi connectivity index (χ4n) is 3.01. The summed E-state index contributed by atoms with van der Waals surface area (Å²) in [5, 5.41) is 0.520. The molecular weight excluding hydrogens is 278 g/mol. The number of rotatable bonds is 2. The standard InChI is InChI=1S/C15H16ClNO3/c16-12-8-11(15(17-10-18)4-1-2-5-15)9-13-14(12)20-7-3-6-19-13/h8-9H,1-7H2. The second-order valence-electron chi connectivity index (χ2n) is 5.28. The Balaban J connectivity index is 2.08. The van der Waals surface area contributed by atoms with Crippen LogP contribution in [0.25, 0.3) is 0 Å². The fourth-order valence-corrected chi connectivity index (χ4v) is 3.28. The molecule has 1 aliphatic heterocycles. The Labute approximate surface area is 122 Å². The highest BCUT2D eigenvalue weighted by atomic mass is 35.5. The van der Waals surface area contributed by atoms with Crippen molar-refractivity contribution < 1.29 is 14.3 Å². The van der Waals surface area contributed by atoms with Gasteiger partial charge >= 0.3 is 0 Å². The van der Waals surface area contributed by atoms with Gasteiger partial charge in [0.15, 0.2) is 11.5 Å². The number of hydrogen-bond acceptors (Lipinski definition) is 4. The van der Waals surface area contributed by atoms with E-state index in [1.807, 2.05) is 12.1 Å². The molecule has 106 valence electrons. The average molecular weight is 294 g/mol. The largest absolute Gasteiger partial charge is 0.489 e. The minimum absolute atomic E-state index is 0.490. The quantitative estimate of drug-likeness (QED) is 0.618. The minimum Gasteiger partial charge on any atom is -0.489 e. The van der Waals surface area contributed by atoms with Crippen molar-refractivity contribution in [2.45, 2.75) is 37.6 Å². The summed E-state index contributed by atoms with van der Waals surface area (Å²) in [6.45, 7) is 1.21. The van der Waals surface area contributed by atoms with Crippen LogP contribution in [0.3, 0.4) is 0 Å². The number of benzene rings is 1. The van der Waals surface area contributed by atoms with Crippen molar-refractivity contribution in [2.75, 3.05) is 13.2 Å². The van der Waals surface area contributed by atoms with E-state index in [9.17, 15) is 4.79 Å². The topological polar surface area (TPSA) is 47.9 Å². The molecule has 1 aromatic carbocycles. The number of isocyanates is 1. The van der Waals surface area contributed by atoms with Crippen LogP contribution in [0.4, 0.5) is 0 Å². The molecule has 0 bridgehead atoms. The van der Waals surface area contributed by atoms with Gasteiger partial charge in [-0.05, 0) is 30.5 Å². The van der Waals surface area contributed by atoms with E-state index < -0.39 is 5.54 Å². The second kappa shape index (κ2) is 5.47. The Bertz CT molecular complexity index is 560. The first-order chi connectivity index (χ1) is 9.75. The Morgan fingerprint density at radius 3 is 2.65 bits per heavy atom. The Kier molecular flexibility index (Phi) is 3.68. The van der Waals surface area contributed by atoms with Gasteiger partial charge in [0.2, 0.25) is 6.08 Å². The predicted molar refractivity (Wildman–Crippen MR) is 75.3 cm³/mol. The number of carbonyl (C=O) groups excluding carboxylic acids is 1. The van der Waals surface area contributed by atoms with Gasteiger partial charge in [-0.2, -0.15) is 4.99 Å². The molecule has 0 unspecified atom stereocenters. The normalized spacial score (nSPS) is 20.1. The molecule has 20 heavy (non-hydrogen) atoms. The SMILES string of the molecule is O=C=NC1(c2cc(Cl)c3c(c2)OCCCO3)CCCC1. The molecule has 1 aliphatic carbocycles. The molecule has 0 radical (unpaired) electrons. The molecule has 1 heterocycles. The van der Waals surface area contributed by atoms with Crippen molar-refractivity contribution in [3.8, 4) is 11.5 Å². The van der Waals surface area contributed by atoms with Crippen LogP contribution in [0.5, 0.6) is 11.5 Å². The first kappa shape index (κ1) is 13.5. The van der Waals surface area contributed by atoms with Gasteiger partial charge in [0.05, 0.1) is 23.8 Å². The number of hydrogen-bond donors (Lipinski definition) is 0.